The Morgan fingerprint density at radius 2 is 1.55 bits per heavy atom. The van der Waals surface area contributed by atoms with Crippen LogP contribution in [0.2, 0.25) is 0 Å². The number of hydrogen-bond acceptors (Lipinski definition) is 4. The zero-order valence-corrected chi connectivity index (χ0v) is 20.5. The van der Waals surface area contributed by atoms with E-state index < -0.39 is 0 Å². The van der Waals surface area contributed by atoms with Gasteiger partial charge in [0.25, 0.3) is 0 Å². The molecule has 1 aromatic heterocycles. The third-order valence-corrected chi connectivity index (χ3v) is 7.52. The average molecular weight is 438 g/mol. The second-order valence-electron chi connectivity index (χ2n) is 10.9. The fourth-order valence-electron chi connectivity index (χ4n) is 4.23. The van der Waals surface area contributed by atoms with Crippen molar-refractivity contribution in [3.63, 3.8) is 0 Å². The quantitative estimate of drug-likeness (QED) is 0.473. The molecule has 5 heteroatoms. The lowest BCUT2D eigenvalue weighted by molar-refractivity contribution is 0.438. The van der Waals surface area contributed by atoms with Crippen molar-refractivity contribution >= 4 is 22.8 Å². The van der Waals surface area contributed by atoms with E-state index in [2.05, 4.69) is 65.8 Å². The second kappa shape index (κ2) is 8.16. The van der Waals surface area contributed by atoms with Gasteiger partial charge >= 0.3 is 0 Å². The summed E-state index contributed by atoms with van der Waals surface area (Å²) in [4.78, 5) is 2.87. The highest BCUT2D eigenvalue weighted by molar-refractivity contribution is 8.00. The Morgan fingerprint density at radius 1 is 0.871 bits per heavy atom. The molecule has 4 nitrogen and oxygen atoms in total. The first kappa shape index (κ1) is 22.2. The maximum absolute atomic E-state index is 11.2. The summed E-state index contributed by atoms with van der Waals surface area (Å²) in [5.41, 5.74) is 4.24. The molecule has 3 aromatic rings. The first-order chi connectivity index (χ1) is 14.5. The molecule has 0 unspecified atom stereocenters. The lowest BCUT2D eigenvalue weighted by atomic mass is 9.80. The topological polar surface area (TPSA) is 50.9 Å². The molecule has 1 aliphatic carbocycles. The van der Waals surface area contributed by atoms with Gasteiger partial charge in [-0.2, -0.15) is 0 Å². The van der Waals surface area contributed by atoms with Crippen LogP contribution in [0.5, 0.6) is 5.75 Å². The number of thioether (sulfide) groups is 1. The van der Waals surface area contributed by atoms with Crippen molar-refractivity contribution < 1.29 is 5.11 Å². The number of benzene rings is 2. The van der Waals surface area contributed by atoms with Gasteiger partial charge in [-0.1, -0.05) is 66.9 Å². The minimum absolute atomic E-state index is 0.0428. The minimum atomic E-state index is -0.184. The molecule has 2 aromatic carbocycles. The molecule has 0 amide bonds. The Bertz CT molecular complexity index is 1080. The molecular formula is C26H35N3OS. The molecular weight excluding hydrogens is 402 g/mol. The molecule has 4 rings (SSSR count). The Morgan fingerprint density at radius 3 is 2.19 bits per heavy atom. The van der Waals surface area contributed by atoms with Crippen LogP contribution in [0.4, 0.5) is 0 Å². The maximum atomic E-state index is 11.2. The molecule has 1 fully saturated rings. The van der Waals surface area contributed by atoms with E-state index in [1.54, 1.807) is 4.80 Å². The predicted octanol–water partition coefficient (Wildman–Crippen LogP) is 7.15. The number of phenols is 1. The van der Waals surface area contributed by atoms with Crippen molar-refractivity contribution in [3.8, 4) is 11.4 Å². The third kappa shape index (κ3) is 4.77. The van der Waals surface area contributed by atoms with Crippen molar-refractivity contribution in [1.29, 1.82) is 0 Å². The molecule has 1 N–H and O–H groups in total. The van der Waals surface area contributed by atoms with Crippen molar-refractivity contribution in [2.75, 3.05) is 0 Å². The van der Waals surface area contributed by atoms with Crippen LogP contribution >= 0.6 is 11.8 Å². The van der Waals surface area contributed by atoms with Gasteiger partial charge in [0.05, 0.1) is 0 Å². The summed E-state index contributed by atoms with van der Waals surface area (Å²) in [6, 6.07) is 10.5. The number of phenolic OH excluding ortho intramolecular Hbond substituents is 1. The molecule has 0 bridgehead atoms. The fraction of sp³-hybridized carbons (Fsp3) is 0.538. The van der Waals surface area contributed by atoms with Crippen molar-refractivity contribution in [2.24, 2.45) is 0 Å². The van der Waals surface area contributed by atoms with Crippen molar-refractivity contribution in [1.82, 2.24) is 15.0 Å². The van der Waals surface area contributed by atoms with Gasteiger partial charge in [0.15, 0.2) is 0 Å². The van der Waals surface area contributed by atoms with Gasteiger partial charge in [0, 0.05) is 15.7 Å². The predicted molar refractivity (Wildman–Crippen MR) is 131 cm³/mol. The molecule has 166 valence electrons. The van der Waals surface area contributed by atoms with E-state index in [0.29, 0.717) is 10.9 Å². The molecule has 0 aliphatic heterocycles. The number of nitrogens with zero attached hydrogens (tertiary/aromatic N) is 3. The molecule has 1 aliphatic rings. The van der Waals surface area contributed by atoms with Crippen molar-refractivity contribution in [2.45, 2.75) is 94.6 Å². The van der Waals surface area contributed by atoms with Gasteiger partial charge in [0.1, 0.15) is 22.5 Å². The summed E-state index contributed by atoms with van der Waals surface area (Å²) < 4.78 is 0. The molecule has 0 saturated heterocycles. The summed E-state index contributed by atoms with van der Waals surface area (Å²) in [6.07, 6.45) is 6.67. The SMILES string of the molecule is CC(C)(C)c1cc(-n2nc3ccc(SC4CCCCC4)cc3n2)c(O)c(C(C)(C)C)c1. The van der Waals surface area contributed by atoms with Gasteiger partial charge in [-0.15, -0.1) is 26.8 Å². The van der Waals surface area contributed by atoms with E-state index in [9.17, 15) is 5.11 Å². The van der Waals surface area contributed by atoms with Gasteiger partial charge < -0.3 is 5.11 Å². The van der Waals surface area contributed by atoms with Crippen LogP contribution in [0, 0.1) is 0 Å². The average Bonchev–Trinajstić information content (AvgIpc) is 3.10. The number of fused-ring (bicyclic) bond motifs is 1. The van der Waals surface area contributed by atoms with Gasteiger partial charge in [-0.3, -0.25) is 0 Å². The van der Waals surface area contributed by atoms with E-state index >= 15 is 0 Å². The summed E-state index contributed by atoms with van der Waals surface area (Å²) in [6.45, 7) is 13.0. The first-order valence-electron chi connectivity index (χ1n) is 11.4. The number of rotatable bonds is 3. The second-order valence-corrected chi connectivity index (χ2v) is 12.3. The summed E-state index contributed by atoms with van der Waals surface area (Å²) in [7, 11) is 0. The van der Waals surface area contributed by atoms with Gasteiger partial charge in [0.2, 0.25) is 0 Å². The first-order valence-corrected chi connectivity index (χ1v) is 12.3. The summed E-state index contributed by atoms with van der Waals surface area (Å²) in [5.74, 6) is 0.262. The molecule has 0 atom stereocenters. The lowest BCUT2D eigenvalue weighted by Crippen LogP contribution is -2.18. The molecule has 1 heterocycles. The molecule has 31 heavy (non-hydrogen) atoms. The van der Waals surface area contributed by atoms with E-state index in [0.717, 1.165) is 16.6 Å². The van der Waals surface area contributed by atoms with E-state index in [1.807, 2.05) is 17.8 Å². The number of hydrogen-bond donors (Lipinski definition) is 1. The largest absolute Gasteiger partial charge is 0.505 e. The molecule has 0 radical (unpaired) electrons. The van der Waals surface area contributed by atoms with Gasteiger partial charge in [-0.25, -0.2) is 0 Å². The highest BCUT2D eigenvalue weighted by Crippen LogP contribution is 2.39. The van der Waals surface area contributed by atoms with E-state index in [-0.39, 0.29) is 16.6 Å². The standard InChI is InChI=1S/C26H35N3OS/c1-25(2,3)17-14-20(26(4,5)6)24(30)23(15-17)29-27-21-13-12-19(16-22(21)28-29)31-18-10-8-7-9-11-18/h12-16,18,30H,7-11H2,1-6H3. The van der Waals surface area contributed by atoms with E-state index in [1.165, 1.54) is 42.6 Å². The summed E-state index contributed by atoms with van der Waals surface area (Å²) in [5, 5.41) is 21.4. The highest BCUT2D eigenvalue weighted by atomic mass is 32.2. The van der Waals surface area contributed by atoms with E-state index in [4.69, 9.17) is 10.2 Å². The lowest BCUT2D eigenvalue weighted by Gasteiger charge is -2.27. The monoisotopic (exact) mass is 437 g/mol. The summed E-state index contributed by atoms with van der Waals surface area (Å²) >= 11 is 1.97. The van der Waals surface area contributed by atoms with Crippen LogP contribution in [0.1, 0.15) is 84.8 Å². The minimum Gasteiger partial charge on any atom is -0.505 e. The van der Waals surface area contributed by atoms with Crippen LogP contribution in [0.25, 0.3) is 16.7 Å². The van der Waals surface area contributed by atoms with Crippen LogP contribution in [0.3, 0.4) is 0 Å². The smallest absolute Gasteiger partial charge is 0.146 e. The molecule has 0 spiro atoms. The fourth-order valence-corrected chi connectivity index (χ4v) is 5.51. The Labute approximate surface area is 190 Å². The zero-order chi connectivity index (χ0) is 22.4. The molecule has 1 saturated carbocycles. The Balaban J connectivity index is 1.75. The van der Waals surface area contributed by atoms with Crippen LogP contribution in [-0.2, 0) is 10.8 Å². The van der Waals surface area contributed by atoms with Crippen LogP contribution in [0.15, 0.2) is 35.2 Å². The number of aromatic nitrogens is 3. The maximum Gasteiger partial charge on any atom is 0.146 e. The zero-order valence-electron chi connectivity index (χ0n) is 19.7. The third-order valence-electron chi connectivity index (χ3n) is 6.19. The number of aromatic hydroxyl groups is 1. The highest BCUT2D eigenvalue weighted by Gasteiger charge is 2.26. The Hall–Kier alpha value is -2.01. The normalized spacial score (nSPS) is 16.2. The van der Waals surface area contributed by atoms with Crippen LogP contribution in [-0.4, -0.2) is 25.4 Å². The van der Waals surface area contributed by atoms with Crippen LogP contribution < -0.4 is 0 Å². The Kier molecular flexibility index (Phi) is 5.84. The van der Waals surface area contributed by atoms with Gasteiger partial charge in [-0.05, 0) is 53.5 Å². The van der Waals surface area contributed by atoms with Crippen molar-refractivity contribution in [3.05, 3.63) is 41.5 Å².